The van der Waals surface area contributed by atoms with Crippen LogP contribution in [0.4, 0.5) is 5.69 Å². The van der Waals surface area contributed by atoms with Gasteiger partial charge in [-0.15, -0.1) is 0 Å². The molecule has 0 radical (unpaired) electrons. The molecule has 2 unspecified atom stereocenters. The molecule has 5 nitrogen and oxygen atoms in total. The first-order valence-corrected chi connectivity index (χ1v) is 6.67. The molecule has 1 aromatic rings. The number of nitrogens with zero attached hydrogens (tertiary/aromatic N) is 1. The van der Waals surface area contributed by atoms with E-state index in [2.05, 4.69) is 4.90 Å². The molecule has 106 valence electrons. The summed E-state index contributed by atoms with van der Waals surface area (Å²) in [6.45, 7) is 2.88. The van der Waals surface area contributed by atoms with E-state index in [0.29, 0.717) is 23.9 Å². The highest BCUT2D eigenvalue weighted by atomic mass is 16.5. The average Bonchev–Trinajstić information content (AvgIpc) is 2.86. The van der Waals surface area contributed by atoms with Crippen molar-refractivity contribution in [2.24, 2.45) is 5.92 Å². The number of nitrogens with two attached hydrogens (primary N) is 1. The Kier molecular flexibility index (Phi) is 5.01. The molecule has 2 atom stereocenters. The molecule has 1 fully saturated rings. The number of hydrogen-bond acceptors (Lipinski definition) is 5. The Morgan fingerprint density at radius 2 is 2.11 bits per heavy atom. The van der Waals surface area contributed by atoms with Gasteiger partial charge in [-0.1, -0.05) is 0 Å². The monoisotopic (exact) mass is 266 g/mol. The maximum absolute atomic E-state index is 9.93. The fraction of sp³-hybridized carbons (Fsp3) is 0.571. The summed E-state index contributed by atoms with van der Waals surface area (Å²) in [6.07, 6.45) is 0.484. The first-order valence-electron chi connectivity index (χ1n) is 6.67. The van der Waals surface area contributed by atoms with E-state index >= 15 is 0 Å². The number of anilines is 1. The molecule has 19 heavy (non-hydrogen) atoms. The molecule has 0 aliphatic carbocycles. The molecule has 1 saturated heterocycles. The Balaban J connectivity index is 1.70. The molecule has 5 heteroatoms. The van der Waals surface area contributed by atoms with Crippen molar-refractivity contribution in [1.82, 2.24) is 4.90 Å². The zero-order valence-electron chi connectivity index (χ0n) is 11.0. The molecule has 1 heterocycles. The highest BCUT2D eigenvalue weighted by Gasteiger charge is 2.23. The van der Waals surface area contributed by atoms with Gasteiger partial charge in [0.05, 0.1) is 0 Å². The van der Waals surface area contributed by atoms with Gasteiger partial charge >= 0.3 is 0 Å². The van der Waals surface area contributed by atoms with E-state index in [9.17, 15) is 5.11 Å². The molecular weight excluding hydrogens is 244 g/mol. The van der Waals surface area contributed by atoms with Crippen molar-refractivity contribution in [1.29, 1.82) is 0 Å². The van der Waals surface area contributed by atoms with Crippen LogP contribution in [-0.2, 0) is 0 Å². The van der Waals surface area contributed by atoms with E-state index in [4.69, 9.17) is 15.6 Å². The van der Waals surface area contributed by atoms with Crippen molar-refractivity contribution < 1.29 is 14.9 Å². The molecule has 0 amide bonds. The van der Waals surface area contributed by atoms with Gasteiger partial charge in [-0.25, -0.2) is 0 Å². The van der Waals surface area contributed by atoms with E-state index in [1.54, 1.807) is 24.3 Å². The lowest BCUT2D eigenvalue weighted by atomic mass is 10.1. The second kappa shape index (κ2) is 6.75. The Labute approximate surface area is 113 Å². The molecule has 4 N–H and O–H groups in total. The third-order valence-electron chi connectivity index (χ3n) is 3.42. The van der Waals surface area contributed by atoms with Crippen molar-refractivity contribution in [2.45, 2.75) is 12.5 Å². The summed E-state index contributed by atoms with van der Waals surface area (Å²) in [5, 5.41) is 19.0. The number of benzene rings is 1. The van der Waals surface area contributed by atoms with Crippen LogP contribution in [0.1, 0.15) is 6.42 Å². The molecule has 2 rings (SSSR count). The summed E-state index contributed by atoms with van der Waals surface area (Å²) in [4.78, 5) is 2.16. The highest BCUT2D eigenvalue weighted by Crippen LogP contribution is 2.16. The average molecular weight is 266 g/mol. The number of ether oxygens (including phenoxy) is 1. The van der Waals surface area contributed by atoms with Gasteiger partial charge in [0.25, 0.3) is 0 Å². The van der Waals surface area contributed by atoms with Crippen molar-refractivity contribution in [3.8, 4) is 5.75 Å². The van der Waals surface area contributed by atoms with Crippen LogP contribution in [0.15, 0.2) is 24.3 Å². The SMILES string of the molecule is Nc1ccc(OCC(O)CN2CCC(CO)C2)cc1. The maximum Gasteiger partial charge on any atom is 0.119 e. The van der Waals surface area contributed by atoms with Crippen molar-refractivity contribution >= 4 is 5.69 Å². The Hall–Kier alpha value is -1.30. The largest absolute Gasteiger partial charge is 0.491 e. The standard InChI is InChI=1S/C14H22N2O3/c15-12-1-3-14(4-2-12)19-10-13(18)8-16-6-5-11(7-16)9-17/h1-4,11,13,17-18H,5-10,15H2. The quantitative estimate of drug-likeness (QED) is 0.646. The van der Waals surface area contributed by atoms with Gasteiger partial charge in [0.15, 0.2) is 0 Å². The Bertz CT molecular complexity index is 383. The summed E-state index contributed by atoms with van der Waals surface area (Å²) in [7, 11) is 0. The zero-order valence-corrected chi connectivity index (χ0v) is 11.0. The fourth-order valence-corrected chi connectivity index (χ4v) is 2.33. The molecule has 1 aliphatic rings. The maximum atomic E-state index is 9.93. The van der Waals surface area contributed by atoms with Crippen LogP contribution >= 0.6 is 0 Å². The topological polar surface area (TPSA) is 79.0 Å². The smallest absolute Gasteiger partial charge is 0.119 e. The minimum Gasteiger partial charge on any atom is -0.491 e. The predicted molar refractivity (Wildman–Crippen MR) is 74.0 cm³/mol. The molecule has 0 bridgehead atoms. The van der Waals surface area contributed by atoms with Crippen LogP contribution in [0.2, 0.25) is 0 Å². The Morgan fingerprint density at radius 1 is 1.37 bits per heavy atom. The lowest BCUT2D eigenvalue weighted by Crippen LogP contribution is -2.34. The Morgan fingerprint density at radius 3 is 2.74 bits per heavy atom. The molecule has 0 saturated carbocycles. The summed E-state index contributed by atoms with van der Waals surface area (Å²) in [5.74, 6) is 1.06. The molecule has 1 aliphatic heterocycles. The van der Waals surface area contributed by atoms with Gasteiger partial charge in [-0.2, -0.15) is 0 Å². The second-order valence-corrected chi connectivity index (χ2v) is 5.13. The number of hydrogen-bond donors (Lipinski definition) is 3. The van der Waals surface area contributed by atoms with Gasteiger partial charge < -0.3 is 25.6 Å². The summed E-state index contributed by atoms with van der Waals surface area (Å²) >= 11 is 0. The van der Waals surface area contributed by atoms with Crippen molar-refractivity contribution in [3.63, 3.8) is 0 Å². The summed E-state index contributed by atoms with van der Waals surface area (Å²) in [5.41, 5.74) is 6.28. The summed E-state index contributed by atoms with van der Waals surface area (Å²) in [6, 6.07) is 7.13. The lowest BCUT2D eigenvalue weighted by molar-refractivity contribution is 0.0735. The molecule has 1 aromatic carbocycles. The van der Waals surface area contributed by atoms with Gasteiger partial charge in [0.1, 0.15) is 18.5 Å². The lowest BCUT2D eigenvalue weighted by Gasteiger charge is -2.20. The third kappa shape index (κ3) is 4.38. The number of rotatable bonds is 6. The van der Waals surface area contributed by atoms with Crippen LogP contribution in [0.25, 0.3) is 0 Å². The fourth-order valence-electron chi connectivity index (χ4n) is 2.33. The minimum absolute atomic E-state index is 0.231. The van der Waals surface area contributed by atoms with Gasteiger partial charge in [-0.05, 0) is 43.1 Å². The first kappa shape index (κ1) is 14.1. The normalized spacial score (nSPS) is 21.5. The van der Waals surface area contributed by atoms with Crippen LogP contribution in [0, 0.1) is 5.92 Å². The number of β-amino-alcohol motifs (C(OH)–C–C–N with tert-alkyl or cyclic N) is 1. The first-order chi connectivity index (χ1) is 9.17. The van der Waals surface area contributed by atoms with Crippen LogP contribution in [0.3, 0.4) is 0 Å². The van der Waals surface area contributed by atoms with Crippen LogP contribution in [-0.4, -0.2) is 54.1 Å². The molecule has 0 spiro atoms. The minimum atomic E-state index is -0.519. The van der Waals surface area contributed by atoms with Crippen LogP contribution < -0.4 is 10.5 Å². The number of aliphatic hydroxyl groups excluding tert-OH is 2. The molecule has 0 aromatic heterocycles. The van der Waals surface area contributed by atoms with Crippen molar-refractivity contribution in [2.75, 3.05) is 38.6 Å². The zero-order chi connectivity index (χ0) is 13.7. The third-order valence-corrected chi connectivity index (χ3v) is 3.42. The predicted octanol–water partition coefficient (Wildman–Crippen LogP) is 0.323. The van der Waals surface area contributed by atoms with Gasteiger partial charge in [-0.3, -0.25) is 0 Å². The number of nitrogen functional groups attached to an aromatic ring is 1. The van der Waals surface area contributed by atoms with Gasteiger partial charge in [0.2, 0.25) is 0 Å². The van der Waals surface area contributed by atoms with E-state index < -0.39 is 6.10 Å². The van der Waals surface area contributed by atoms with E-state index in [1.807, 2.05) is 0 Å². The second-order valence-electron chi connectivity index (χ2n) is 5.13. The van der Waals surface area contributed by atoms with E-state index in [1.165, 1.54) is 0 Å². The number of likely N-dealkylation sites (tertiary alicyclic amines) is 1. The molecular formula is C14H22N2O3. The van der Waals surface area contributed by atoms with Crippen LogP contribution in [0.5, 0.6) is 5.75 Å². The van der Waals surface area contributed by atoms with Crippen molar-refractivity contribution in [3.05, 3.63) is 24.3 Å². The summed E-state index contributed by atoms with van der Waals surface area (Å²) < 4.78 is 5.50. The van der Waals surface area contributed by atoms with Gasteiger partial charge in [0, 0.05) is 25.4 Å². The highest BCUT2D eigenvalue weighted by molar-refractivity contribution is 5.41. The number of aliphatic hydroxyl groups is 2. The van der Waals surface area contributed by atoms with E-state index in [-0.39, 0.29) is 13.2 Å². The van der Waals surface area contributed by atoms with E-state index in [0.717, 1.165) is 19.5 Å².